The SMILES string of the molecule is CC(Oc1ccc(Cl)cc1)C(=O)O.O=C(O)COc1ccc(Cl)cn1. The summed E-state index contributed by atoms with van der Waals surface area (Å²) in [5, 5.41) is 17.9. The summed E-state index contributed by atoms with van der Waals surface area (Å²) in [7, 11) is 0. The fourth-order valence-corrected chi connectivity index (χ4v) is 1.59. The van der Waals surface area contributed by atoms with E-state index in [-0.39, 0.29) is 5.88 Å². The van der Waals surface area contributed by atoms with E-state index in [1.807, 2.05) is 0 Å². The number of carboxylic acid groups (broad SMARTS) is 2. The molecule has 0 saturated carbocycles. The molecule has 7 nitrogen and oxygen atoms in total. The minimum atomic E-state index is -1.04. The average Bonchev–Trinajstić information content (AvgIpc) is 2.57. The third-order valence-corrected chi connectivity index (χ3v) is 2.99. The molecular formula is C16H15Cl2NO6. The second kappa shape index (κ2) is 10.4. The molecule has 1 aromatic heterocycles. The second-order valence-electron chi connectivity index (χ2n) is 4.55. The standard InChI is InChI=1S/C9H9ClO3.C7H6ClNO3/c1-6(9(11)12)13-8-4-2-7(10)3-5-8;8-5-1-2-6(9-3-5)12-4-7(10)11/h2-6H,1H3,(H,11,12);1-3H,4H2,(H,10,11). The summed E-state index contributed by atoms with van der Waals surface area (Å²) in [5.41, 5.74) is 0. The lowest BCUT2D eigenvalue weighted by molar-refractivity contribution is -0.144. The van der Waals surface area contributed by atoms with Crippen LogP contribution in [0.5, 0.6) is 11.6 Å². The first-order valence-corrected chi connectivity index (χ1v) is 7.64. The Bertz CT molecular complexity index is 691. The van der Waals surface area contributed by atoms with E-state index in [1.54, 1.807) is 30.3 Å². The fraction of sp³-hybridized carbons (Fsp3) is 0.188. The number of carboxylic acids is 2. The van der Waals surface area contributed by atoms with Crippen molar-refractivity contribution in [2.75, 3.05) is 6.61 Å². The summed E-state index contributed by atoms with van der Waals surface area (Å²) in [6.07, 6.45) is 0.542. The van der Waals surface area contributed by atoms with E-state index < -0.39 is 24.6 Å². The summed E-state index contributed by atoms with van der Waals surface area (Å²) >= 11 is 11.2. The van der Waals surface area contributed by atoms with E-state index in [0.717, 1.165) is 0 Å². The summed E-state index contributed by atoms with van der Waals surface area (Å²) in [4.78, 5) is 24.2. The van der Waals surface area contributed by atoms with Crippen LogP contribution in [0.15, 0.2) is 42.6 Å². The zero-order chi connectivity index (χ0) is 18.8. The predicted molar refractivity (Wildman–Crippen MR) is 91.6 cm³/mol. The molecule has 134 valence electrons. The van der Waals surface area contributed by atoms with Crippen molar-refractivity contribution < 1.29 is 29.3 Å². The van der Waals surface area contributed by atoms with Crippen LogP contribution in [-0.2, 0) is 9.59 Å². The number of nitrogens with zero attached hydrogens (tertiary/aromatic N) is 1. The van der Waals surface area contributed by atoms with Crippen molar-refractivity contribution in [3.8, 4) is 11.6 Å². The largest absolute Gasteiger partial charge is 0.479 e. The van der Waals surface area contributed by atoms with Crippen molar-refractivity contribution in [3.63, 3.8) is 0 Å². The summed E-state index contributed by atoms with van der Waals surface area (Å²) < 4.78 is 9.83. The molecule has 0 spiro atoms. The Labute approximate surface area is 153 Å². The zero-order valence-corrected chi connectivity index (χ0v) is 14.6. The number of pyridine rings is 1. The Kier molecular flexibility index (Phi) is 8.52. The molecule has 0 bridgehead atoms. The van der Waals surface area contributed by atoms with E-state index in [0.29, 0.717) is 15.8 Å². The Balaban J connectivity index is 0.000000251. The molecular weight excluding hydrogens is 373 g/mol. The first kappa shape index (κ1) is 20.5. The molecule has 0 amide bonds. The van der Waals surface area contributed by atoms with E-state index >= 15 is 0 Å². The summed E-state index contributed by atoms with van der Waals surface area (Å²) in [5.74, 6) is -1.28. The van der Waals surface area contributed by atoms with Crippen molar-refractivity contribution in [3.05, 3.63) is 52.6 Å². The Morgan fingerprint density at radius 3 is 2.16 bits per heavy atom. The Morgan fingerprint density at radius 2 is 1.68 bits per heavy atom. The average molecular weight is 388 g/mol. The number of carbonyl (C=O) groups is 2. The van der Waals surface area contributed by atoms with Crippen LogP contribution in [0.1, 0.15) is 6.92 Å². The first-order chi connectivity index (χ1) is 11.8. The molecule has 0 aliphatic carbocycles. The monoisotopic (exact) mass is 387 g/mol. The van der Waals surface area contributed by atoms with Gasteiger partial charge >= 0.3 is 11.9 Å². The Hall–Kier alpha value is -2.51. The molecule has 1 atom stereocenters. The number of hydrogen-bond donors (Lipinski definition) is 2. The van der Waals surface area contributed by atoms with Gasteiger partial charge < -0.3 is 19.7 Å². The van der Waals surface area contributed by atoms with Crippen molar-refractivity contribution in [1.29, 1.82) is 0 Å². The van der Waals surface area contributed by atoms with Crippen LogP contribution in [0, 0.1) is 0 Å². The maximum atomic E-state index is 10.4. The summed E-state index contributed by atoms with van der Waals surface area (Å²) in [6, 6.07) is 9.62. The molecule has 1 heterocycles. The predicted octanol–water partition coefficient (Wildman–Crippen LogP) is 3.39. The van der Waals surface area contributed by atoms with Crippen LogP contribution in [0.4, 0.5) is 0 Å². The highest BCUT2D eigenvalue weighted by molar-refractivity contribution is 6.30. The van der Waals surface area contributed by atoms with Gasteiger partial charge in [0.25, 0.3) is 0 Å². The number of rotatable bonds is 6. The molecule has 25 heavy (non-hydrogen) atoms. The minimum absolute atomic E-state index is 0.252. The molecule has 2 rings (SSSR count). The normalized spacial score (nSPS) is 10.8. The molecule has 0 saturated heterocycles. The number of aromatic nitrogens is 1. The highest BCUT2D eigenvalue weighted by Crippen LogP contribution is 2.16. The van der Waals surface area contributed by atoms with Gasteiger partial charge in [-0.25, -0.2) is 14.6 Å². The van der Waals surface area contributed by atoms with Gasteiger partial charge in [0.05, 0.1) is 5.02 Å². The van der Waals surface area contributed by atoms with Gasteiger partial charge in [-0.15, -0.1) is 0 Å². The van der Waals surface area contributed by atoms with Crippen LogP contribution in [0.3, 0.4) is 0 Å². The highest BCUT2D eigenvalue weighted by atomic mass is 35.5. The lowest BCUT2D eigenvalue weighted by atomic mass is 10.3. The van der Waals surface area contributed by atoms with E-state index in [2.05, 4.69) is 4.98 Å². The maximum Gasteiger partial charge on any atom is 0.344 e. The topological polar surface area (TPSA) is 106 Å². The van der Waals surface area contributed by atoms with Gasteiger partial charge in [0.1, 0.15) is 5.75 Å². The second-order valence-corrected chi connectivity index (χ2v) is 5.42. The molecule has 2 N–H and O–H groups in total. The van der Waals surface area contributed by atoms with E-state index in [4.69, 9.17) is 42.9 Å². The third kappa shape index (κ3) is 8.78. The minimum Gasteiger partial charge on any atom is -0.479 e. The van der Waals surface area contributed by atoms with Gasteiger partial charge in [0, 0.05) is 17.3 Å². The lowest BCUT2D eigenvalue weighted by Crippen LogP contribution is -2.22. The van der Waals surface area contributed by atoms with Gasteiger partial charge in [-0.3, -0.25) is 0 Å². The number of aliphatic carboxylic acids is 2. The van der Waals surface area contributed by atoms with Gasteiger partial charge in [-0.05, 0) is 37.3 Å². The number of ether oxygens (including phenoxy) is 2. The molecule has 9 heteroatoms. The molecule has 0 fully saturated rings. The molecule has 0 aliphatic rings. The molecule has 2 aromatic rings. The quantitative estimate of drug-likeness (QED) is 0.781. The molecule has 0 aliphatic heterocycles. The van der Waals surface area contributed by atoms with Crippen molar-refractivity contribution in [1.82, 2.24) is 4.98 Å². The van der Waals surface area contributed by atoms with Crippen molar-refractivity contribution in [2.45, 2.75) is 13.0 Å². The first-order valence-electron chi connectivity index (χ1n) is 6.89. The van der Waals surface area contributed by atoms with Crippen LogP contribution >= 0.6 is 23.2 Å². The third-order valence-electron chi connectivity index (χ3n) is 2.52. The van der Waals surface area contributed by atoms with Gasteiger partial charge in [-0.2, -0.15) is 0 Å². The smallest absolute Gasteiger partial charge is 0.344 e. The fourth-order valence-electron chi connectivity index (χ4n) is 1.35. The highest BCUT2D eigenvalue weighted by Gasteiger charge is 2.11. The van der Waals surface area contributed by atoms with Crippen LogP contribution in [0.25, 0.3) is 0 Å². The van der Waals surface area contributed by atoms with Gasteiger partial charge in [0.2, 0.25) is 5.88 Å². The van der Waals surface area contributed by atoms with E-state index in [9.17, 15) is 9.59 Å². The number of hydrogen-bond acceptors (Lipinski definition) is 5. The van der Waals surface area contributed by atoms with Gasteiger partial charge in [0.15, 0.2) is 12.7 Å². The van der Waals surface area contributed by atoms with Crippen LogP contribution in [-0.4, -0.2) is 39.8 Å². The summed E-state index contributed by atoms with van der Waals surface area (Å²) in [6.45, 7) is 1.07. The number of halogens is 2. The van der Waals surface area contributed by atoms with Crippen LogP contribution < -0.4 is 9.47 Å². The zero-order valence-electron chi connectivity index (χ0n) is 13.1. The molecule has 0 radical (unpaired) electrons. The van der Waals surface area contributed by atoms with Crippen molar-refractivity contribution in [2.24, 2.45) is 0 Å². The van der Waals surface area contributed by atoms with E-state index in [1.165, 1.54) is 19.2 Å². The lowest BCUT2D eigenvalue weighted by Gasteiger charge is -2.09. The molecule has 1 aromatic carbocycles. The number of benzene rings is 1. The Morgan fingerprint density at radius 1 is 1.08 bits per heavy atom. The maximum absolute atomic E-state index is 10.4. The van der Waals surface area contributed by atoms with Crippen molar-refractivity contribution >= 4 is 35.1 Å². The molecule has 1 unspecified atom stereocenters. The van der Waals surface area contributed by atoms with Gasteiger partial charge in [-0.1, -0.05) is 23.2 Å². The van der Waals surface area contributed by atoms with Crippen LogP contribution in [0.2, 0.25) is 10.0 Å².